The summed E-state index contributed by atoms with van der Waals surface area (Å²) < 4.78 is 17.0. The Bertz CT molecular complexity index is 517. The molecule has 2 fully saturated rings. The lowest BCUT2D eigenvalue weighted by molar-refractivity contribution is -0.144. The predicted octanol–water partition coefficient (Wildman–Crippen LogP) is 2.94. The number of hydrogen-bond acceptors (Lipinski definition) is 4. The zero-order valence-corrected chi connectivity index (χ0v) is 13.2. The molecule has 3 rings (SSSR count). The van der Waals surface area contributed by atoms with Crippen LogP contribution in [0.1, 0.15) is 32.3 Å². The summed E-state index contributed by atoms with van der Waals surface area (Å²) in [5, 5.41) is 0. The van der Waals surface area contributed by atoms with Crippen LogP contribution in [0, 0.1) is 0 Å². The van der Waals surface area contributed by atoms with Crippen LogP contribution >= 0.6 is 0 Å². The molecule has 0 radical (unpaired) electrons. The molecular formula is C17H23NO4. The molecule has 2 heterocycles. The second-order valence-corrected chi connectivity index (χ2v) is 6.31. The Labute approximate surface area is 131 Å². The van der Waals surface area contributed by atoms with Gasteiger partial charge in [0.15, 0.2) is 5.79 Å². The molecular weight excluding hydrogens is 282 g/mol. The van der Waals surface area contributed by atoms with Crippen LogP contribution in [-0.4, -0.2) is 42.1 Å². The molecule has 1 aromatic carbocycles. The van der Waals surface area contributed by atoms with Crippen LogP contribution in [0.5, 0.6) is 0 Å². The first-order valence-electron chi connectivity index (χ1n) is 7.84. The quantitative estimate of drug-likeness (QED) is 0.861. The van der Waals surface area contributed by atoms with E-state index in [1.807, 2.05) is 44.2 Å². The molecule has 120 valence electrons. The Kier molecular flexibility index (Phi) is 4.36. The van der Waals surface area contributed by atoms with Crippen molar-refractivity contribution in [3.63, 3.8) is 0 Å². The van der Waals surface area contributed by atoms with Gasteiger partial charge in [-0.3, -0.25) is 0 Å². The maximum absolute atomic E-state index is 12.4. The summed E-state index contributed by atoms with van der Waals surface area (Å²) in [6.45, 7) is 5.36. The van der Waals surface area contributed by atoms with Crippen LogP contribution in [0.25, 0.3) is 0 Å². The summed E-state index contributed by atoms with van der Waals surface area (Å²) in [6, 6.07) is 9.77. The van der Waals surface area contributed by atoms with Crippen LogP contribution in [0.15, 0.2) is 30.3 Å². The van der Waals surface area contributed by atoms with Gasteiger partial charge in [-0.25, -0.2) is 4.79 Å². The molecule has 0 aromatic heterocycles. The van der Waals surface area contributed by atoms with Gasteiger partial charge in [-0.05, 0) is 32.3 Å². The maximum Gasteiger partial charge on any atom is 0.410 e. The molecule has 2 atom stereocenters. The zero-order chi connectivity index (χ0) is 15.6. The van der Waals surface area contributed by atoms with Crippen molar-refractivity contribution in [3.8, 4) is 0 Å². The molecule has 2 aliphatic rings. The van der Waals surface area contributed by atoms with Gasteiger partial charge < -0.3 is 19.1 Å². The van der Waals surface area contributed by atoms with Crippen molar-refractivity contribution >= 4 is 6.09 Å². The lowest BCUT2D eigenvalue weighted by atomic mass is 10.1. The Hall–Kier alpha value is -1.59. The van der Waals surface area contributed by atoms with Crippen LogP contribution in [-0.2, 0) is 20.8 Å². The largest absolute Gasteiger partial charge is 0.445 e. The first-order chi connectivity index (χ1) is 10.6. The molecule has 5 nitrogen and oxygen atoms in total. The zero-order valence-electron chi connectivity index (χ0n) is 13.2. The number of hydrogen-bond donors (Lipinski definition) is 0. The Morgan fingerprint density at radius 2 is 2.14 bits per heavy atom. The lowest BCUT2D eigenvalue weighted by Crippen LogP contribution is -2.44. The van der Waals surface area contributed by atoms with E-state index in [1.165, 1.54) is 0 Å². The summed E-state index contributed by atoms with van der Waals surface area (Å²) in [5.41, 5.74) is 0.994. The number of carbonyl (C=O) groups excluding carboxylic acids is 1. The monoisotopic (exact) mass is 305 g/mol. The molecule has 0 spiro atoms. The van der Waals surface area contributed by atoms with E-state index in [2.05, 4.69) is 0 Å². The van der Waals surface area contributed by atoms with Gasteiger partial charge in [0.05, 0.1) is 12.6 Å². The topological polar surface area (TPSA) is 48.0 Å². The summed E-state index contributed by atoms with van der Waals surface area (Å²) in [7, 11) is 0. The second kappa shape index (κ2) is 6.26. The molecule has 1 amide bonds. The molecule has 5 heteroatoms. The second-order valence-electron chi connectivity index (χ2n) is 6.31. The third-order valence-electron chi connectivity index (χ3n) is 4.20. The number of ether oxygens (including phenoxy) is 3. The van der Waals surface area contributed by atoms with Crippen molar-refractivity contribution in [3.05, 3.63) is 35.9 Å². The van der Waals surface area contributed by atoms with Gasteiger partial charge in [0.2, 0.25) is 0 Å². The van der Waals surface area contributed by atoms with E-state index in [1.54, 1.807) is 4.90 Å². The summed E-state index contributed by atoms with van der Waals surface area (Å²) in [4.78, 5) is 14.1. The molecule has 0 bridgehead atoms. The average molecular weight is 305 g/mol. The van der Waals surface area contributed by atoms with Crippen molar-refractivity contribution in [2.45, 2.75) is 51.2 Å². The number of nitrogens with zero attached hydrogens (tertiary/aromatic N) is 1. The summed E-state index contributed by atoms with van der Waals surface area (Å²) in [6.07, 6.45) is 1.58. The standard InChI is InChI=1S/C17H23NO4/c1-17(2)21-12-15(22-17)14-9-6-10-18(14)16(19)20-11-13-7-4-3-5-8-13/h3-5,7-8,14-15H,6,9-12H2,1-2H3/t14-,15-/m1/s1. The van der Waals surface area contributed by atoms with Crippen molar-refractivity contribution < 1.29 is 19.0 Å². The normalized spacial score (nSPS) is 27.1. The van der Waals surface area contributed by atoms with E-state index in [-0.39, 0.29) is 18.2 Å². The molecule has 22 heavy (non-hydrogen) atoms. The molecule has 2 saturated heterocycles. The molecule has 0 aliphatic carbocycles. The van der Waals surface area contributed by atoms with Crippen molar-refractivity contribution in [2.75, 3.05) is 13.2 Å². The number of carbonyl (C=O) groups is 1. The Balaban J connectivity index is 1.57. The fourth-order valence-corrected chi connectivity index (χ4v) is 3.11. The van der Waals surface area contributed by atoms with Crippen molar-refractivity contribution in [1.82, 2.24) is 4.90 Å². The lowest BCUT2D eigenvalue weighted by Gasteiger charge is -2.28. The van der Waals surface area contributed by atoms with E-state index in [9.17, 15) is 4.79 Å². The Morgan fingerprint density at radius 3 is 2.82 bits per heavy atom. The van der Waals surface area contributed by atoms with E-state index in [0.717, 1.165) is 24.9 Å². The van der Waals surface area contributed by atoms with Gasteiger partial charge in [-0.2, -0.15) is 0 Å². The van der Waals surface area contributed by atoms with Crippen molar-refractivity contribution in [2.24, 2.45) is 0 Å². The highest BCUT2D eigenvalue weighted by atomic mass is 16.7. The summed E-state index contributed by atoms with van der Waals surface area (Å²) >= 11 is 0. The molecule has 0 saturated carbocycles. The van der Waals surface area contributed by atoms with Gasteiger partial charge in [0, 0.05) is 6.54 Å². The van der Waals surface area contributed by atoms with Gasteiger partial charge in [0.1, 0.15) is 12.7 Å². The van der Waals surface area contributed by atoms with Gasteiger partial charge in [0.25, 0.3) is 0 Å². The van der Waals surface area contributed by atoms with Crippen LogP contribution in [0.3, 0.4) is 0 Å². The number of likely N-dealkylation sites (tertiary alicyclic amines) is 1. The molecule has 0 N–H and O–H groups in total. The first-order valence-corrected chi connectivity index (χ1v) is 7.84. The van der Waals surface area contributed by atoms with E-state index in [4.69, 9.17) is 14.2 Å². The third kappa shape index (κ3) is 3.42. The van der Waals surface area contributed by atoms with Gasteiger partial charge >= 0.3 is 6.09 Å². The first kappa shape index (κ1) is 15.3. The minimum Gasteiger partial charge on any atom is -0.445 e. The third-order valence-corrected chi connectivity index (χ3v) is 4.20. The minimum atomic E-state index is -0.563. The molecule has 1 aromatic rings. The number of amides is 1. The predicted molar refractivity (Wildman–Crippen MR) is 81.3 cm³/mol. The van der Waals surface area contributed by atoms with E-state index >= 15 is 0 Å². The highest BCUT2D eigenvalue weighted by molar-refractivity contribution is 5.68. The summed E-state index contributed by atoms with van der Waals surface area (Å²) in [5.74, 6) is -0.563. The average Bonchev–Trinajstić information content (AvgIpc) is 3.12. The fourth-order valence-electron chi connectivity index (χ4n) is 3.11. The fraction of sp³-hybridized carbons (Fsp3) is 0.588. The number of benzene rings is 1. The minimum absolute atomic E-state index is 0.0463. The van der Waals surface area contributed by atoms with Gasteiger partial charge in [-0.15, -0.1) is 0 Å². The molecule has 2 aliphatic heterocycles. The van der Waals surface area contributed by atoms with Crippen LogP contribution in [0.4, 0.5) is 4.79 Å². The SMILES string of the molecule is CC1(C)OC[C@H]([C@H]2CCCN2C(=O)OCc2ccccc2)O1. The van der Waals surface area contributed by atoms with Crippen LogP contribution in [0.2, 0.25) is 0 Å². The smallest absolute Gasteiger partial charge is 0.410 e. The van der Waals surface area contributed by atoms with Crippen LogP contribution < -0.4 is 0 Å². The van der Waals surface area contributed by atoms with E-state index < -0.39 is 5.79 Å². The van der Waals surface area contributed by atoms with Crippen molar-refractivity contribution in [1.29, 1.82) is 0 Å². The highest BCUT2D eigenvalue weighted by Crippen LogP contribution is 2.31. The van der Waals surface area contributed by atoms with E-state index in [0.29, 0.717) is 13.2 Å². The Morgan fingerprint density at radius 1 is 1.36 bits per heavy atom. The van der Waals surface area contributed by atoms with Gasteiger partial charge in [-0.1, -0.05) is 30.3 Å². The highest BCUT2D eigenvalue weighted by Gasteiger charge is 2.43. The molecule has 0 unspecified atom stereocenters. The number of rotatable bonds is 3. The maximum atomic E-state index is 12.4.